The molecule has 0 aromatic heterocycles. The number of allylic oxidation sites excluding steroid dienone is 2. The Hall–Kier alpha value is -1.18. The summed E-state index contributed by atoms with van der Waals surface area (Å²) in [6.07, 6.45) is -4.81. The van der Waals surface area contributed by atoms with Gasteiger partial charge in [0.05, 0.1) is 11.6 Å². The van der Waals surface area contributed by atoms with Crippen molar-refractivity contribution in [3.63, 3.8) is 0 Å². The molecule has 0 fully saturated rings. The van der Waals surface area contributed by atoms with Gasteiger partial charge in [-0.3, -0.25) is 0 Å². The maximum atomic E-state index is 11.4. The molecule has 0 unspecified atom stereocenters. The second-order valence-electron chi connectivity index (χ2n) is 1.58. The van der Waals surface area contributed by atoms with Crippen molar-refractivity contribution in [3.8, 4) is 6.07 Å². The predicted molar refractivity (Wildman–Crippen MR) is 27.0 cm³/mol. The van der Waals surface area contributed by atoms with Gasteiger partial charge in [-0.25, -0.2) is 0 Å². The molecule has 0 aliphatic heterocycles. The van der Waals surface area contributed by atoms with E-state index in [0.717, 1.165) is 6.92 Å². The molecule has 0 aliphatic carbocycles. The first-order valence-electron chi connectivity index (χ1n) is 2.26. The Balaban J connectivity index is 4.69. The van der Waals surface area contributed by atoms with E-state index in [1.165, 1.54) is 6.07 Å². The molecule has 2 nitrogen and oxygen atoms in total. The Bertz CT molecular complexity index is 198. The van der Waals surface area contributed by atoms with Crippen molar-refractivity contribution < 1.29 is 18.3 Å². The van der Waals surface area contributed by atoms with E-state index in [1.54, 1.807) is 0 Å². The number of aliphatic hydroxyl groups excluding tert-OH is 1. The molecule has 56 valence electrons. The van der Waals surface area contributed by atoms with Crippen molar-refractivity contribution in [2.75, 3.05) is 0 Å². The van der Waals surface area contributed by atoms with Crippen LogP contribution in [0.1, 0.15) is 6.92 Å². The summed E-state index contributed by atoms with van der Waals surface area (Å²) < 4.78 is 34.3. The van der Waals surface area contributed by atoms with Crippen molar-refractivity contribution in [3.05, 3.63) is 11.3 Å². The molecule has 5 heteroatoms. The highest BCUT2D eigenvalue weighted by Gasteiger charge is 2.35. The Morgan fingerprint density at radius 3 is 2.00 bits per heavy atom. The highest BCUT2D eigenvalue weighted by atomic mass is 19.4. The van der Waals surface area contributed by atoms with E-state index in [4.69, 9.17) is 10.4 Å². The van der Waals surface area contributed by atoms with Gasteiger partial charge >= 0.3 is 6.18 Å². The number of halogens is 3. The van der Waals surface area contributed by atoms with Gasteiger partial charge in [-0.1, -0.05) is 0 Å². The fourth-order valence-electron chi connectivity index (χ4n) is 0.266. The normalized spacial score (nSPS) is 13.9. The van der Waals surface area contributed by atoms with E-state index < -0.39 is 17.5 Å². The number of hydrogen-bond acceptors (Lipinski definition) is 2. The summed E-state index contributed by atoms with van der Waals surface area (Å²) in [6, 6.07) is 1.18. The third-order valence-electron chi connectivity index (χ3n) is 0.791. The van der Waals surface area contributed by atoms with Gasteiger partial charge in [0.15, 0.2) is 0 Å². The zero-order valence-electron chi connectivity index (χ0n) is 5.03. The van der Waals surface area contributed by atoms with Crippen LogP contribution in [-0.2, 0) is 0 Å². The lowest BCUT2D eigenvalue weighted by Crippen LogP contribution is -2.12. The third-order valence-corrected chi connectivity index (χ3v) is 0.791. The largest absolute Gasteiger partial charge is 0.504 e. The molecule has 1 N–H and O–H groups in total. The van der Waals surface area contributed by atoms with Crippen LogP contribution in [0.5, 0.6) is 0 Å². The molecular formula is C5H4F3NO. The first-order chi connectivity index (χ1) is 4.39. The maximum Gasteiger partial charge on any atom is 0.449 e. The smallest absolute Gasteiger partial charge is 0.449 e. The SMILES string of the molecule is C/C(C#N)=C(/O)C(F)(F)F. The summed E-state index contributed by atoms with van der Waals surface area (Å²) in [5.41, 5.74) is -0.729. The molecule has 0 amide bonds. The van der Waals surface area contributed by atoms with Crippen LogP contribution in [0.3, 0.4) is 0 Å². The highest BCUT2D eigenvalue weighted by Crippen LogP contribution is 2.25. The maximum absolute atomic E-state index is 11.4. The second kappa shape index (κ2) is 2.60. The number of rotatable bonds is 0. The minimum Gasteiger partial charge on any atom is -0.504 e. The Morgan fingerprint density at radius 1 is 1.50 bits per heavy atom. The zero-order valence-corrected chi connectivity index (χ0v) is 5.03. The first kappa shape index (κ1) is 8.82. The monoisotopic (exact) mass is 151 g/mol. The lowest BCUT2D eigenvalue weighted by molar-refractivity contribution is -0.121. The molecular weight excluding hydrogens is 147 g/mol. The average molecular weight is 151 g/mol. The highest BCUT2D eigenvalue weighted by molar-refractivity contribution is 5.23. The number of alkyl halides is 3. The van der Waals surface area contributed by atoms with Crippen molar-refractivity contribution >= 4 is 0 Å². The van der Waals surface area contributed by atoms with Crippen LogP contribution in [-0.4, -0.2) is 11.3 Å². The van der Waals surface area contributed by atoms with E-state index in [-0.39, 0.29) is 0 Å². The summed E-state index contributed by atoms with van der Waals surface area (Å²) in [5.74, 6) is -1.82. The van der Waals surface area contributed by atoms with E-state index >= 15 is 0 Å². The summed E-state index contributed by atoms with van der Waals surface area (Å²) in [7, 11) is 0. The van der Waals surface area contributed by atoms with Crippen molar-refractivity contribution in [2.45, 2.75) is 13.1 Å². The second-order valence-corrected chi connectivity index (χ2v) is 1.58. The van der Waals surface area contributed by atoms with E-state index in [0.29, 0.717) is 0 Å². The lowest BCUT2D eigenvalue weighted by atomic mass is 10.3. The minimum absolute atomic E-state index is 0.729. The van der Waals surface area contributed by atoms with Crippen LogP contribution >= 0.6 is 0 Å². The molecule has 0 heterocycles. The topological polar surface area (TPSA) is 44.0 Å². The first-order valence-corrected chi connectivity index (χ1v) is 2.26. The van der Waals surface area contributed by atoms with Gasteiger partial charge in [0.1, 0.15) is 0 Å². The molecule has 0 atom stereocenters. The van der Waals surface area contributed by atoms with E-state index in [9.17, 15) is 13.2 Å². The molecule has 0 saturated heterocycles. The Kier molecular flexibility index (Phi) is 2.30. The fraction of sp³-hybridized carbons (Fsp3) is 0.400. The molecule has 0 saturated carbocycles. The van der Waals surface area contributed by atoms with Crippen LogP contribution in [0.25, 0.3) is 0 Å². The minimum atomic E-state index is -4.81. The predicted octanol–water partition coefficient (Wildman–Crippen LogP) is 1.90. The van der Waals surface area contributed by atoms with Crippen LogP contribution < -0.4 is 0 Å². The third kappa shape index (κ3) is 1.97. The van der Waals surface area contributed by atoms with Gasteiger partial charge in [0.25, 0.3) is 0 Å². The molecule has 0 radical (unpaired) electrons. The van der Waals surface area contributed by atoms with Gasteiger partial charge in [0, 0.05) is 0 Å². The molecule has 0 aromatic rings. The van der Waals surface area contributed by atoms with Crippen LogP contribution in [0.2, 0.25) is 0 Å². The average Bonchev–Trinajstić information content (AvgIpc) is 1.83. The van der Waals surface area contributed by atoms with E-state index in [1.807, 2.05) is 0 Å². The zero-order chi connectivity index (χ0) is 8.36. The van der Waals surface area contributed by atoms with Crippen molar-refractivity contribution in [2.24, 2.45) is 0 Å². The molecule has 0 rings (SSSR count). The van der Waals surface area contributed by atoms with E-state index in [2.05, 4.69) is 0 Å². The standard InChI is InChI=1S/C5H4F3NO/c1-3(2-9)4(10)5(6,7)8/h10H,1H3/b4-3-. The van der Waals surface area contributed by atoms with Crippen LogP contribution in [0.4, 0.5) is 13.2 Å². The van der Waals surface area contributed by atoms with Gasteiger partial charge in [0.2, 0.25) is 5.76 Å². The van der Waals surface area contributed by atoms with Crippen LogP contribution in [0, 0.1) is 11.3 Å². The summed E-state index contributed by atoms with van der Waals surface area (Å²) in [4.78, 5) is 0. The molecule has 0 bridgehead atoms. The molecule has 10 heavy (non-hydrogen) atoms. The molecule has 0 aromatic carbocycles. The molecule has 0 spiro atoms. The van der Waals surface area contributed by atoms with Gasteiger partial charge in [-0.15, -0.1) is 0 Å². The lowest BCUT2D eigenvalue weighted by Gasteiger charge is -2.03. The van der Waals surface area contributed by atoms with Crippen LogP contribution in [0.15, 0.2) is 11.3 Å². The van der Waals surface area contributed by atoms with Crippen molar-refractivity contribution in [1.82, 2.24) is 0 Å². The number of nitriles is 1. The summed E-state index contributed by atoms with van der Waals surface area (Å²) in [6.45, 7) is 0.892. The quantitative estimate of drug-likeness (QED) is 0.424. The number of hydrogen-bond donors (Lipinski definition) is 1. The van der Waals surface area contributed by atoms with Gasteiger partial charge in [-0.05, 0) is 6.92 Å². The Morgan fingerprint density at radius 2 is 1.90 bits per heavy atom. The van der Waals surface area contributed by atoms with Crippen molar-refractivity contribution in [1.29, 1.82) is 5.26 Å². The summed E-state index contributed by atoms with van der Waals surface area (Å²) >= 11 is 0. The van der Waals surface area contributed by atoms with Gasteiger partial charge in [-0.2, -0.15) is 18.4 Å². The number of aliphatic hydroxyl groups is 1. The fourth-order valence-corrected chi connectivity index (χ4v) is 0.266. The summed E-state index contributed by atoms with van der Waals surface area (Å²) in [5, 5.41) is 16.1. The number of nitrogens with zero attached hydrogens (tertiary/aromatic N) is 1. The molecule has 0 aliphatic rings. The van der Waals surface area contributed by atoms with Gasteiger partial charge < -0.3 is 5.11 Å². The Labute approximate surface area is 55.2 Å².